The van der Waals surface area contributed by atoms with E-state index in [4.69, 9.17) is 9.47 Å². The molecule has 1 heterocycles. The van der Waals surface area contributed by atoms with Gasteiger partial charge in [-0.25, -0.2) is 0 Å². The molecule has 3 rings (SSSR count). The van der Waals surface area contributed by atoms with E-state index < -0.39 is 5.79 Å². The minimum Gasteiger partial charge on any atom is -0.449 e. The Kier molecular flexibility index (Phi) is 3.79. The van der Waals surface area contributed by atoms with Crippen molar-refractivity contribution in [3.8, 4) is 11.5 Å². The Balaban J connectivity index is 1.54. The first-order valence-corrected chi connectivity index (χ1v) is 7.84. The van der Waals surface area contributed by atoms with Crippen LogP contribution in [0.15, 0.2) is 18.2 Å². The van der Waals surface area contributed by atoms with Crippen molar-refractivity contribution in [2.45, 2.75) is 58.2 Å². The molecule has 1 aliphatic heterocycles. The van der Waals surface area contributed by atoms with Crippen molar-refractivity contribution in [3.63, 3.8) is 0 Å². The maximum atomic E-state index is 12.0. The quantitative estimate of drug-likeness (QED) is 0.907. The molecular weight excluding hydrogens is 266 g/mol. The number of nitrogens with one attached hydrogen (secondary N) is 1. The molecule has 0 spiro atoms. The summed E-state index contributed by atoms with van der Waals surface area (Å²) in [6.07, 6.45) is 6.82. The molecular formula is C17H23NO3. The molecule has 1 saturated carbocycles. The molecule has 4 nitrogen and oxygen atoms in total. The number of ether oxygens (including phenoxy) is 2. The van der Waals surface area contributed by atoms with E-state index in [-0.39, 0.29) is 5.91 Å². The van der Waals surface area contributed by atoms with Gasteiger partial charge in [-0.15, -0.1) is 0 Å². The molecule has 1 N–H and O–H groups in total. The maximum absolute atomic E-state index is 12.0. The number of carbonyl (C=O) groups is 1. The monoisotopic (exact) mass is 289 g/mol. The van der Waals surface area contributed by atoms with Crippen LogP contribution in [-0.2, 0) is 4.79 Å². The first kappa shape index (κ1) is 14.2. The van der Waals surface area contributed by atoms with E-state index in [1.807, 2.05) is 32.0 Å². The van der Waals surface area contributed by atoms with Gasteiger partial charge in [0.05, 0.1) is 0 Å². The van der Waals surface area contributed by atoms with Crippen molar-refractivity contribution in [2.75, 3.05) is 5.32 Å². The molecule has 21 heavy (non-hydrogen) atoms. The third-order valence-electron chi connectivity index (χ3n) is 4.19. The fourth-order valence-electron chi connectivity index (χ4n) is 3.16. The highest BCUT2D eigenvalue weighted by atomic mass is 16.7. The van der Waals surface area contributed by atoms with Crippen molar-refractivity contribution in [1.82, 2.24) is 0 Å². The molecule has 4 heteroatoms. The lowest BCUT2D eigenvalue weighted by molar-refractivity contribution is -0.116. The van der Waals surface area contributed by atoms with Gasteiger partial charge in [0.2, 0.25) is 11.7 Å². The second kappa shape index (κ2) is 5.58. The van der Waals surface area contributed by atoms with Crippen LogP contribution in [-0.4, -0.2) is 11.7 Å². The molecule has 0 unspecified atom stereocenters. The van der Waals surface area contributed by atoms with Crippen LogP contribution in [0.5, 0.6) is 11.5 Å². The summed E-state index contributed by atoms with van der Waals surface area (Å²) in [5, 5.41) is 2.95. The van der Waals surface area contributed by atoms with Gasteiger partial charge in [-0.05, 0) is 24.5 Å². The number of rotatable bonds is 4. The summed E-state index contributed by atoms with van der Waals surface area (Å²) >= 11 is 0. The van der Waals surface area contributed by atoms with Gasteiger partial charge >= 0.3 is 0 Å². The molecule has 1 fully saturated rings. The van der Waals surface area contributed by atoms with E-state index >= 15 is 0 Å². The fourth-order valence-corrected chi connectivity index (χ4v) is 3.16. The second-order valence-electron chi connectivity index (χ2n) is 6.50. The zero-order chi connectivity index (χ0) is 14.9. The van der Waals surface area contributed by atoms with Crippen LogP contribution in [0.2, 0.25) is 0 Å². The average Bonchev–Trinajstić information content (AvgIpc) is 3.01. The summed E-state index contributed by atoms with van der Waals surface area (Å²) in [5.74, 6) is 1.61. The zero-order valence-electron chi connectivity index (χ0n) is 12.8. The number of benzene rings is 1. The van der Waals surface area contributed by atoms with E-state index in [1.165, 1.54) is 25.7 Å². The number of carbonyl (C=O) groups excluding carboxylic acids is 1. The van der Waals surface area contributed by atoms with Crippen LogP contribution in [0.4, 0.5) is 5.69 Å². The van der Waals surface area contributed by atoms with Gasteiger partial charge in [0, 0.05) is 32.0 Å². The molecule has 0 saturated heterocycles. The van der Waals surface area contributed by atoms with E-state index in [1.54, 1.807) is 0 Å². The summed E-state index contributed by atoms with van der Waals surface area (Å²) in [4.78, 5) is 12.0. The van der Waals surface area contributed by atoms with Crippen molar-refractivity contribution in [1.29, 1.82) is 0 Å². The van der Waals surface area contributed by atoms with Crippen LogP contribution < -0.4 is 14.8 Å². The topological polar surface area (TPSA) is 47.6 Å². The van der Waals surface area contributed by atoms with Crippen molar-refractivity contribution < 1.29 is 14.3 Å². The Labute approximate surface area is 125 Å². The highest BCUT2D eigenvalue weighted by molar-refractivity contribution is 5.91. The van der Waals surface area contributed by atoms with Crippen LogP contribution in [0, 0.1) is 5.92 Å². The zero-order valence-corrected chi connectivity index (χ0v) is 12.8. The van der Waals surface area contributed by atoms with Gasteiger partial charge < -0.3 is 14.8 Å². The molecule has 114 valence electrons. The lowest BCUT2D eigenvalue weighted by Crippen LogP contribution is -2.29. The van der Waals surface area contributed by atoms with Crippen LogP contribution in [0.1, 0.15) is 52.4 Å². The van der Waals surface area contributed by atoms with Crippen LogP contribution in [0.3, 0.4) is 0 Å². The van der Waals surface area contributed by atoms with Crippen LogP contribution in [0.25, 0.3) is 0 Å². The Morgan fingerprint density at radius 2 is 1.95 bits per heavy atom. The fraction of sp³-hybridized carbons (Fsp3) is 0.588. The van der Waals surface area contributed by atoms with E-state index in [0.717, 1.165) is 23.8 Å². The SMILES string of the molecule is CC1(C)Oc2ccc(NC(=O)CCC3CCCC3)cc2O1. The molecule has 2 aliphatic rings. The van der Waals surface area contributed by atoms with Gasteiger partial charge in [0.25, 0.3) is 0 Å². The van der Waals surface area contributed by atoms with E-state index in [9.17, 15) is 4.79 Å². The Bertz CT molecular complexity index is 533. The Morgan fingerprint density at radius 3 is 2.71 bits per heavy atom. The molecule has 1 aromatic carbocycles. The molecule has 0 radical (unpaired) electrons. The van der Waals surface area contributed by atoms with Crippen molar-refractivity contribution in [3.05, 3.63) is 18.2 Å². The summed E-state index contributed by atoms with van der Waals surface area (Å²) < 4.78 is 11.3. The van der Waals surface area contributed by atoms with Gasteiger partial charge in [0.1, 0.15) is 0 Å². The number of amides is 1. The largest absolute Gasteiger partial charge is 0.449 e. The molecule has 1 aliphatic carbocycles. The lowest BCUT2D eigenvalue weighted by atomic mass is 10.0. The Morgan fingerprint density at radius 1 is 1.24 bits per heavy atom. The van der Waals surface area contributed by atoms with Gasteiger partial charge in [-0.2, -0.15) is 0 Å². The summed E-state index contributed by atoms with van der Waals surface area (Å²) in [6.45, 7) is 3.74. The standard InChI is InChI=1S/C17H23NO3/c1-17(2)20-14-9-8-13(11-15(14)21-17)18-16(19)10-7-12-5-3-4-6-12/h8-9,11-12H,3-7,10H2,1-2H3,(H,18,19). The van der Waals surface area contributed by atoms with Gasteiger partial charge in [-0.1, -0.05) is 25.7 Å². The molecule has 1 amide bonds. The predicted octanol–water partition coefficient (Wildman–Crippen LogP) is 4.10. The number of fused-ring (bicyclic) bond motifs is 1. The van der Waals surface area contributed by atoms with Crippen molar-refractivity contribution >= 4 is 11.6 Å². The average molecular weight is 289 g/mol. The third kappa shape index (κ3) is 3.49. The molecule has 1 aromatic rings. The first-order chi connectivity index (χ1) is 10.0. The second-order valence-corrected chi connectivity index (χ2v) is 6.50. The first-order valence-electron chi connectivity index (χ1n) is 7.84. The minimum absolute atomic E-state index is 0.0834. The number of hydrogen-bond donors (Lipinski definition) is 1. The maximum Gasteiger partial charge on any atom is 0.246 e. The third-order valence-corrected chi connectivity index (χ3v) is 4.19. The minimum atomic E-state index is -0.632. The predicted molar refractivity (Wildman–Crippen MR) is 81.6 cm³/mol. The molecule has 0 bridgehead atoms. The lowest BCUT2D eigenvalue weighted by Gasteiger charge is -2.16. The highest BCUT2D eigenvalue weighted by Gasteiger charge is 2.31. The van der Waals surface area contributed by atoms with E-state index in [0.29, 0.717) is 12.2 Å². The molecule has 0 aromatic heterocycles. The summed E-state index contributed by atoms with van der Waals surface area (Å²) in [6, 6.07) is 5.53. The summed E-state index contributed by atoms with van der Waals surface area (Å²) in [5.41, 5.74) is 0.770. The van der Waals surface area contributed by atoms with Crippen LogP contribution >= 0.6 is 0 Å². The van der Waals surface area contributed by atoms with Gasteiger partial charge in [0.15, 0.2) is 11.5 Å². The van der Waals surface area contributed by atoms with E-state index in [2.05, 4.69) is 5.32 Å². The van der Waals surface area contributed by atoms with Gasteiger partial charge in [-0.3, -0.25) is 4.79 Å². The Hall–Kier alpha value is -1.71. The van der Waals surface area contributed by atoms with Crippen molar-refractivity contribution in [2.24, 2.45) is 5.92 Å². The smallest absolute Gasteiger partial charge is 0.246 e. The summed E-state index contributed by atoms with van der Waals surface area (Å²) in [7, 11) is 0. The molecule has 0 atom stereocenters. The highest BCUT2D eigenvalue weighted by Crippen LogP contribution is 2.40. The number of anilines is 1. The number of hydrogen-bond acceptors (Lipinski definition) is 3. The normalized spacial score (nSPS) is 19.7.